The minimum Gasteiger partial charge on any atom is -0.372 e. The summed E-state index contributed by atoms with van der Waals surface area (Å²) in [5.74, 6) is 0. The van der Waals surface area contributed by atoms with Crippen molar-refractivity contribution in [1.29, 1.82) is 0 Å². The number of hydrogen-bond acceptors (Lipinski definition) is 4. The number of likely N-dealkylation sites (N-methyl/N-ethyl adjacent to an activating group) is 2. The fourth-order valence-corrected chi connectivity index (χ4v) is 4.70. The molecule has 4 rings (SSSR count). The molecule has 4 bridgehead atoms. The lowest BCUT2D eigenvalue weighted by Gasteiger charge is -2.49. The second-order valence-corrected chi connectivity index (χ2v) is 6.76. The summed E-state index contributed by atoms with van der Waals surface area (Å²) in [6.07, 6.45) is 5.70. The van der Waals surface area contributed by atoms with E-state index in [0.717, 1.165) is 19.7 Å². The first kappa shape index (κ1) is 11.6. The van der Waals surface area contributed by atoms with E-state index in [9.17, 15) is 0 Å². The van der Waals surface area contributed by atoms with E-state index in [1.807, 2.05) is 0 Å². The summed E-state index contributed by atoms with van der Waals surface area (Å²) in [6.45, 7) is 3.04. The van der Waals surface area contributed by atoms with Crippen molar-refractivity contribution in [2.45, 2.75) is 55.6 Å². The Bertz CT molecular complexity index is 351. The van der Waals surface area contributed by atoms with Crippen LogP contribution in [0.4, 0.5) is 0 Å². The zero-order chi connectivity index (χ0) is 12.3. The van der Waals surface area contributed by atoms with E-state index in [0.29, 0.717) is 18.2 Å². The minimum atomic E-state index is -0.0219. The van der Waals surface area contributed by atoms with E-state index in [1.165, 1.54) is 25.7 Å². The third-order valence-corrected chi connectivity index (χ3v) is 5.57. The summed E-state index contributed by atoms with van der Waals surface area (Å²) in [6, 6.07) is 1.23. The third kappa shape index (κ3) is 1.52. The van der Waals surface area contributed by atoms with Gasteiger partial charge in [-0.1, -0.05) is 0 Å². The van der Waals surface area contributed by atoms with Gasteiger partial charge in [-0.2, -0.15) is 0 Å². The quantitative estimate of drug-likeness (QED) is 0.686. The molecule has 0 aliphatic carbocycles. The molecule has 0 amide bonds. The van der Waals surface area contributed by atoms with Crippen molar-refractivity contribution in [3.63, 3.8) is 0 Å². The van der Waals surface area contributed by atoms with Crippen LogP contribution in [0.2, 0.25) is 0 Å². The summed E-state index contributed by atoms with van der Waals surface area (Å²) in [7, 11) is 4.49. The van der Waals surface area contributed by atoms with E-state index >= 15 is 0 Å². The van der Waals surface area contributed by atoms with E-state index in [1.54, 1.807) is 0 Å². The van der Waals surface area contributed by atoms with Crippen molar-refractivity contribution in [1.82, 2.24) is 9.80 Å². The minimum absolute atomic E-state index is 0.0219. The zero-order valence-electron chi connectivity index (χ0n) is 11.5. The summed E-state index contributed by atoms with van der Waals surface area (Å²) < 4.78 is 12.7. The van der Waals surface area contributed by atoms with Gasteiger partial charge in [-0.25, -0.2) is 0 Å². The zero-order valence-corrected chi connectivity index (χ0v) is 11.5. The van der Waals surface area contributed by atoms with Crippen LogP contribution in [-0.2, 0) is 9.47 Å². The first-order valence-electron chi connectivity index (χ1n) is 7.38. The fourth-order valence-electron chi connectivity index (χ4n) is 4.70. The molecule has 4 nitrogen and oxygen atoms in total. The Hall–Kier alpha value is -0.160. The topological polar surface area (TPSA) is 24.9 Å². The van der Waals surface area contributed by atoms with Crippen molar-refractivity contribution in [2.24, 2.45) is 0 Å². The van der Waals surface area contributed by atoms with Gasteiger partial charge in [0.05, 0.1) is 12.7 Å². The molecule has 4 heteroatoms. The van der Waals surface area contributed by atoms with E-state index in [-0.39, 0.29) is 11.7 Å². The third-order valence-electron chi connectivity index (χ3n) is 5.57. The van der Waals surface area contributed by atoms with Gasteiger partial charge in [-0.05, 0) is 39.8 Å². The highest BCUT2D eigenvalue weighted by Crippen LogP contribution is 2.45. The molecule has 4 aliphatic heterocycles. The smallest absolute Gasteiger partial charge is 0.109 e. The van der Waals surface area contributed by atoms with Crippen LogP contribution in [-0.4, -0.2) is 73.5 Å². The molecule has 4 heterocycles. The molecular weight excluding hydrogens is 228 g/mol. The molecule has 0 radical (unpaired) electrons. The lowest BCUT2D eigenvalue weighted by molar-refractivity contribution is -0.207. The maximum absolute atomic E-state index is 6.40. The molecule has 0 N–H and O–H groups in total. The first-order valence-corrected chi connectivity index (χ1v) is 7.38. The number of nitrogens with zero attached hydrogens (tertiary/aromatic N) is 2. The van der Waals surface area contributed by atoms with Gasteiger partial charge in [-0.15, -0.1) is 0 Å². The van der Waals surface area contributed by atoms with Crippen LogP contribution >= 0.6 is 0 Å². The number of likely N-dealkylation sites (tertiary alicyclic amines) is 1. The van der Waals surface area contributed by atoms with Crippen LogP contribution in [0.15, 0.2) is 0 Å². The Morgan fingerprint density at radius 2 is 2.06 bits per heavy atom. The van der Waals surface area contributed by atoms with Gasteiger partial charge >= 0.3 is 0 Å². The van der Waals surface area contributed by atoms with Crippen molar-refractivity contribution >= 4 is 0 Å². The number of ether oxygens (including phenoxy) is 2. The van der Waals surface area contributed by atoms with Gasteiger partial charge in [0, 0.05) is 25.2 Å². The molecular formula is C14H24N2O2. The number of rotatable bonds is 1. The highest BCUT2D eigenvalue weighted by molar-refractivity contribution is 5.09. The maximum Gasteiger partial charge on any atom is 0.109 e. The summed E-state index contributed by atoms with van der Waals surface area (Å²) >= 11 is 0. The van der Waals surface area contributed by atoms with Gasteiger partial charge in [0.25, 0.3) is 0 Å². The molecule has 5 atom stereocenters. The Balaban J connectivity index is 1.62. The van der Waals surface area contributed by atoms with Gasteiger partial charge in [-0.3, -0.25) is 4.90 Å². The monoisotopic (exact) mass is 252 g/mol. The van der Waals surface area contributed by atoms with Crippen LogP contribution < -0.4 is 0 Å². The number of fused-ring (bicyclic) bond motifs is 4. The second-order valence-electron chi connectivity index (χ2n) is 6.76. The predicted molar refractivity (Wildman–Crippen MR) is 68.6 cm³/mol. The van der Waals surface area contributed by atoms with Crippen LogP contribution in [0.1, 0.15) is 25.7 Å². The summed E-state index contributed by atoms with van der Waals surface area (Å²) in [4.78, 5) is 4.99. The van der Waals surface area contributed by atoms with Crippen LogP contribution in [0.5, 0.6) is 0 Å². The number of hydrogen-bond donors (Lipinski definition) is 0. The summed E-state index contributed by atoms with van der Waals surface area (Å²) in [5, 5.41) is 0. The second kappa shape index (κ2) is 3.92. The van der Waals surface area contributed by atoms with E-state index in [4.69, 9.17) is 9.47 Å². The highest BCUT2D eigenvalue weighted by Gasteiger charge is 2.57. The van der Waals surface area contributed by atoms with Crippen molar-refractivity contribution in [3.8, 4) is 0 Å². The number of morpholine rings is 2. The molecule has 0 spiro atoms. The molecule has 4 aliphatic rings. The standard InChI is InChI=1S/C14H24N2O2/c1-15-7-11-5-6-14(9-15,18-11)13-12-4-3-10(8-17-13)16(12)2/h10-13H,3-9H2,1-2H3. The van der Waals surface area contributed by atoms with Gasteiger partial charge in [0.1, 0.15) is 11.7 Å². The van der Waals surface area contributed by atoms with Crippen LogP contribution in [0, 0.1) is 0 Å². The molecule has 102 valence electrons. The first-order chi connectivity index (χ1) is 8.68. The van der Waals surface area contributed by atoms with Gasteiger partial charge in [0.2, 0.25) is 0 Å². The molecule has 18 heavy (non-hydrogen) atoms. The van der Waals surface area contributed by atoms with Crippen molar-refractivity contribution in [3.05, 3.63) is 0 Å². The normalized spacial score (nSPS) is 53.0. The molecule has 0 aromatic carbocycles. The Kier molecular flexibility index (Phi) is 2.54. The average molecular weight is 252 g/mol. The van der Waals surface area contributed by atoms with Crippen LogP contribution in [0.25, 0.3) is 0 Å². The fraction of sp³-hybridized carbons (Fsp3) is 1.00. The molecule has 0 aromatic rings. The molecule has 4 fully saturated rings. The maximum atomic E-state index is 6.40. The SMILES string of the molecule is CN1CC2CCC(C3OCC4CCC3N4C)(C1)O2. The Morgan fingerprint density at radius 1 is 1.17 bits per heavy atom. The Labute approximate surface area is 109 Å². The highest BCUT2D eigenvalue weighted by atomic mass is 16.6. The average Bonchev–Trinajstić information content (AvgIpc) is 2.74. The van der Waals surface area contributed by atoms with E-state index in [2.05, 4.69) is 23.9 Å². The van der Waals surface area contributed by atoms with Crippen molar-refractivity contribution < 1.29 is 9.47 Å². The lowest BCUT2D eigenvalue weighted by atomic mass is 9.86. The van der Waals surface area contributed by atoms with Crippen LogP contribution in [0.3, 0.4) is 0 Å². The van der Waals surface area contributed by atoms with Gasteiger partial charge < -0.3 is 14.4 Å². The molecule has 0 aromatic heterocycles. The van der Waals surface area contributed by atoms with Gasteiger partial charge in [0.15, 0.2) is 0 Å². The largest absolute Gasteiger partial charge is 0.372 e. The summed E-state index contributed by atoms with van der Waals surface area (Å²) in [5.41, 5.74) is -0.0219. The Morgan fingerprint density at radius 3 is 2.94 bits per heavy atom. The van der Waals surface area contributed by atoms with E-state index < -0.39 is 0 Å². The lowest BCUT2D eigenvalue weighted by Crippen LogP contribution is -2.64. The molecule has 5 unspecified atom stereocenters. The van der Waals surface area contributed by atoms with Crippen molar-refractivity contribution in [2.75, 3.05) is 33.8 Å². The predicted octanol–water partition coefficient (Wildman–Crippen LogP) is 0.711. The molecule has 0 saturated carbocycles. The molecule has 4 saturated heterocycles.